The smallest absolute Gasteiger partial charge is 0.352 e. The van der Waals surface area contributed by atoms with Crippen LogP contribution in [0.5, 0.6) is 0 Å². The summed E-state index contributed by atoms with van der Waals surface area (Å²) in [6, 6.07) is 5.06. The summed E-state index contributed by atoms with van der Waals surface area (Å²) in [6.45, 7) is 6.19. The summed E-state index contributed by atoms with van der Waals surface area (Å²) in [5, 5.41) is 7.62. The minimum absolute atomic E-state index is 0.348. The molecule has 4 N–H and O–H groups in total. The highest BCUT2D eigenvalue weighted by atomic mass is 16.7. The highest BCUT2D eigenvalue weighted by molar-refractivity contribution is 6.14. The number of carbonyl (C=O) groups excluding carboxylic acids is 1. The van der Waals surface area contributed by atoms with Gasteiger partial charge in [-0.05, 0) is 31.4 Å². The fraction of sp³-hybridized carbons (Fsp3) is 0.429. The molecule has 0 saturated heterocycles. The topological polar surface area (TPSA) is 91.4 Å². The molecule has 6 nitrogen and oxygen atoms in total. The molecule has 110 valence electrons. The number of hydrogen-bond donors (Lipinski definition) is 3. The number of hydrogen-bond acceptors (Lipinski definition) is 3. The summed E-state index contributed by atoms with van der Waals surface area (Å²) in [7, 11) is 0. The van der Waals surface area contributed by atoms with Gasteiger partial charge in [-0.15, -0.1) is 0 Å². The largest absolute Gasteiger partial charge is 0.369 e. The number of benzene rings is 1. The van der Waals surface area contributed by atoms with Crippen LogP contribution in [-0.4, -0.2) is 18.6 Å². The van der Waals surface area contributed by atoms with Crippen LogP contribution in [0.25, 0.3) is 0 Å². The van der Waals surface area contributed by atoms with Crippen molar-refractivity contribution in [1.29, 1.82) is 5.41 Å². The Morgan fingerprint density at radius 1 is 1.40 bits per heavy atom. The first-order valence-corrected chi connectivity index (χ1v) is 6.61. The molecule has 0 saturated carbocycles. The molecule has 0 aliphatic carbocycles. The second kappa shape index (κ2) is 7.49. The minimum atomic E-state index is -0.564. The molecule has 0 aromatic heterocycles. The Morgan fingerprint density at radius 2 is 2.00 bits per heavy atom. The number of unbranched alkanes of at least 4 members (excludes halogenated alkanes) is 1. The van der Waals surface area contributed by atoms with Gasteiger partial charge in [-0.25, -0.2) is 15.2 Å². The highest BCUT2D eigenvalue weighted by Crippen LogP contribution is 2.24. The molecule has 0 bridgehead atoms. The number of para-hydroxylation sites is 1. The van der Waals surface area contributed by atoms with Crippen LogP contribution in [0.3, 0.4) is 0 Å². The van der Waals surface area contributed by atoms with Gasteiger partial charge in [0.1, 0.15) is 0 Å². The number of rotatable bonds is 5. The number of nitrogens with zero attached hydrogens (tertiary/aromatic N) is 1. The molecule has 1 rings (SSSR count). The predicted molar refractivity (Wildman–Crippen MR) is 79.7 cm³/mol. The number of amides is 2. The first kappa shape index (κ1) is 16.0. The molecule has 0 aliphatic heterocycles. The standard InChI is InChI=1S/C14H22N4O2/c1-4-5-9-20-17-14(19)18(13(15)16)12-10(2)7-6-8-11(12)3/h6-8H,4-5,9H2,1-3H3,(H3,15,16)(H,17,19). The van der Waals surface area contributed by atoms with Crippen LogP contribution in [0.2, 0.25) is 0 Å². The first-order valence-electron chi connectivity index (χ1n) is 6.61. The third-order valence-electron chi connectivity index (χ3n) is 2.87. The quantitative estimate of drug-likeness (QED) is 0.334. The highest BCUT2D eigenvalue weighted by Gasteiger charge is 2.22. The SMILES string of the molecule is CCCCONC(=O)N(C(=N)N)c1c(C)cccc1C. The number of anilines is 1. The molecule has 0 unspecified atom stereocenters. The molecule has 1 aromatic rings. The lowest BCUT2D eigenvalue weighted by Gasteiger charge is -2.24. The van der Waals surface area contributed by atoms with Crippen molar-refractivity contribution >= 4 is 17.7 Å². The van der Waals surface area contributed by atoms with E-state index in [1.807, 2.05) is 39.0 Å². The molecule has 0 heterocycles. The Morgan fingerprint density at radius 3 is 2.50 bits per heavy atom. The number of urea groups is 1. The number of hydroxylamine groups is 1. The van der Waals surface area contributed by atoms with Gasteiger partial charge >= 0.3 is 6.03 Å². The third-order valence-corrected chi connectivity index (χ3v) is 2.87. The van der Waals surface area contributed by atoms with Crippen LogP contribution in [0, 0.1) is 19.3 Å². The van der Waals surface area contributed by atoms with E-state index in [0.29, 0.717) is 12.3 Å². The number of aryl methyl sites for hydroxylation is 2. The monoisotopic (exact) mass is 278 g/mol. The van der Waals surface area contributed by atoms with Crippen LogP contribution < -0.4 is 16.1 Å². The molecule has 20 heavy (non-hydrogen) atoms. The van der Waals surface area contributed by atoms with E-state index in [0.717, 1.165) is 28.9 Å². The van der Waals surface area contributed by atoms with Crippen molar-refractivity contribution < 1.29 is 9.63 Å². The van der Waals surface area contributed by atoms with Gasteiger partial charge < -0.3 is 5.73 Å². The fourth-order valence-corrected chi connectivity index (χ4v) is 1.86. The Kier molecular flexibility index (Phi) is 5.99. The fourth-order valence-electron chi connectivity index (χ4n) is 1.86. The lowest BCUT2D eigenvalue weighted by atomic mass is 10.1. The van der Waals surface area contributed by atoms with Gasteiger partial charge in [-0.2, -0.15) is 0 Å². The molecule has 0 radical (unpaired) electrons. The second-order valence-corrected chi connectivity index (χ2v) is 4.57. The zero-order valence-electron chi connectivity index (χ0n) is 12.2. The normalized spacial score (nSPS) is 10.2. The summed E-state index contributed by atoms with van der Waals surface area (Å²) in [6.07, 6.45) is 1.83. The van der Waals surface area contributed by atoms with E-state index in [9.17, 15) is 4.79 Å². The predicted octanol–water partition coefficient (Wildman–Crippen LogP) is 2.44. The molecule has 2 amide bonds. The summed E-state index contributed by atoms with van der Waals surface area (Å²) in [5.74, 6) is -0.348. The maximum absolute atomic E-state index is 12.1. The maximum atomic E-state index is 12.1. The summed E-state index contributed by atoms with van der Waals surface area (Å²) < 4.78 is 0. The van der Waals surface area contributed by atoms with Crippen LogP contribution >= 0.6 is 0 Å². The van der Waals surface area contributed by atoms with E-state index in [1.165, 1.54) is 0 Å². The zero-order valence-corrected chi connectivity index (χ0v) is 12.2. The Balaban J connectivity index is 2.89. The summed E-state index contributed by atoms with van der Waals surface area (Å²) in [4.78, 5) is 18.3. The number of nitrogens with two attached hydrogens (primary N) is 1. The Hall–Kier alpha value is -2.08. The average molecular weight is 278 g/mol. The molecule has 0 fully saturated rings. The van der Waals surface area contributed by atoms with Crippen molar-refractivity contribution in [3.63, 3.8) is 0 Å². The maximum Gasteiger partial charge on any atom is 0.352 e. The van der Waals surface area contributed by atoms with E-state index in [2.05, 4.69) is 5.48 Å². The van der Waals surface area contributed by atoms with Gasteiger partial charge in [-0.3, -0.25) is 10.2 Å². The third kappa shape index (κ3) is 3.96. The average Bonchev–Trinajstić information content (AvgIpc) is 2.38. The van der Waals surface area contributed by atoms with Crippen LogP contribution in [0.4, 0.5) is 10.5 Å². The molecule has 1 aromatic carbocycles. The van der Waals surface area contributed by atoms with Crippen molar-refractivity contribution in [3.8, 4) is 0 Å². The summed E-state index contributed by atoms with van der Waals surface area (Å²) in [5.41, 5.74) is 10.2. The summed E-state index contributed by atoms with van der Waals surface area (Å²) >= 11 is 0. The van der Waals surface area contributed by atoms with Crippen molar-refractivity contribution in [1.82, 2.24) is 5.48 Å². The van der Waals surface area contributed by atoms with E-state index >= 15 is 0 Å². The van der Waals surface area contributed by atoms with Crippen molar-refractivity contribution in [2.24, 2.45) is 5.73 Å². The van der Waals surface area contributed by atoms with Crippen molar-refractivity contribution in [3.05, 3.63) is 29.3 Å². The van der Waals surface area contributed by atoms with Crippen LogP contribution in [-0.2, 0) is 4.84 Å². The minimum Gasteiger partial charge on any atom is -0.369 e. The van der Waals surface area contributed by atoms with Gasteiger partial charge in [-0.1, -0.05) is 31.5 Å². The lowest BCUT2D eigenvalue weighted by molar-refractivity contribution is 0.0626. The van der Waals surface area contributed by atoms with Gasteiger partial charge in [0, 0.05) is 0 Å². The number of nitrogens with one attached hydrogen (secondary N) is 2. The van der Waals surface area contributed by atoms with Crippen LogP contribution in [0.1, 0.15) is 30.9 Å². The lowest BCUT2D eigenvalue weighted by Crippen LogP contribution is -2.47. The molecule has 6 heteroatoms. The second-order valence-electron chi connectivity index (χ2n) is 4.57. The van der Waals surface area contributed by atoms with Crippen molar-refractivity contribution in [2.75, 3.05) is 11.5 Å². The Bertz CT molecular complexity index is 468. The molecular formula is C14H22N4O2. The molecule has 0 spiro atoms. The molecule has 0 atom stereocenters. The van der Waals surface area contributed by atoms with Gasteiger partial charge in [0.15, 0.2) is 0 Å². The van der Waals surface area contributed by atoms with E-state index in [4.69, 9.17) is 16.0 Å². The van der Waals surface area contributed by atoms with E-state index in [1.54, 1.807) is 0 Å². The molecular weight excluding hydrogens is 256 g/mol. The zero-order chi connectivity index (χ0) is 15.1. The Labute approximate surface area is 119 Å². The van der Waals surface area contributed by atoms with E-state index in [-0.39, 0.29) is 5.96 Å². The first-order chi connectivity index (χ1) is 9.49. The van der Waals surface area contributed by atoms with Gasteiger partial charge in [0.2, 0.25) is 5.96 Å². The van der Waals surface area contributed by atoms with Crippen molar-refractivity contribution in [2.45, 2.75) is 33.6 Å². The number of guanidine groups is 1. The van der Waals surface area contributed by atoms with Crippen LogP contribution in [0.15, 0.2) is 18.2 Å². The van der Waals surface area contributed by atoms with Gasteiger partial charge in [0.25, 0.3) is 0 Å². The number of carbonyl (C=O) groups is 1. The molecule has 0 aliphatic rings. The van der Waals surface area contributed by atoms with Gasteiger partial charge in [0.05, 0.1) is 12.3 Å². The van der Waals surface area contributed by atoms with E-state index < -0.39 is 6.03 Å².